The number of imidazole rings is 2. The molecular weight excluding hydrogens is 218 g/mol. The van der Waals surface area contributed by atoms with Crippen LogP contribution in [0.15, 0.2) is 17.2 Å². The Balaban J connectivity index is 2.43. The first-order valence-electron chi connectivity index (χ1n) is 5.17. The maximum atomic E-state index is 11.8. The second kappa shape index (κ2) is 2.60. The van der Waals surface area contributed by atoms with Crippen LogP contribution in [0.25, 0.3) is 29.1 Å². The third kappa shape index (κ3) is 0.902. The minimum atomic E-state index is -0.292. The highest BCUT2D eigenvalue weighted by Crippen LogP contribution is 2.09. The second-order valence-corrected chi connectivity index (χ2v) is 3.99. The van der Waals surface area contributed by atoms with Gasteiger partial charge in [0.15, 0.2) is 11.2 Å². The van der Waals surface area contributed by atoms with Crippen LogP contribution in [0.3, 0.4) is 0 Å². The van der Waals surface area contributed by atoms with E-state index >= 15 is 0 Å². The van der Waals surface area contributed by atoms with Crippen molar-refractivity contribution in [3.05, 3.63) is 33.8 Å². The van der Waals surface area contributed by atoms with Crippen LogP contribution >= 0.6 is 0 Å². The lowest BCUT2D eigenvalue weighted by Gasteiger charge is -1.95. The third-order valence-corrected chi connectivity index (χ3v) is 2.97. The molecule has 0 atom stereocenters. The lowest BCUT2D eigenvalue weighted by atomic mass is 10.5. The fourth-order valence-electron chi connectivity index (χ4n) is 2.21. The molecule has 0 N–H and O–H groups in total. The van der Waals surface area contributed by atoms with Crippen molar-refractivity contribution in [2.75, 3.05) is 0 Å². The van der Waals surface area contributed by atoms with Crippen molar-refractivity contribution in [2.45, 2.75) is 0 Å². The van der Waals surface area contributed by atoms with Crippen molar-refractivity contribution in [3.63, 3.8) is 0 Å². The Labute approximate surface area is 94.5 Å². The number of fused-ring (bicyclic) bond motifs is 5. The van der Waals surface area contributed by atoms with Crippen molar-refractivity contribution in [1.29, 1.82) is 0 Å². The summed E-state index contributed by atoms with van der Waals surface area (Å²) in [6.07, 6.45) is 7.37. The minimum Gasteiger partial charge on any atom is -0.328 e. The van der Waals surface area contributed by atoms with Gasteiger partial charge < -0.3 is 4.57 Å². The SMILES string of the molecule is Cn1cnc2c1c(=O)nc1nc3c(n12)=CC=C3. The summed E-state index contributed by atoms with van der Waals surface area (Å²) in [5, 5.41) is 0.927. The predicted octanol–water partition coefficient (Wildman–Crippen LogP) is -0.498. The average molecular weight is 225 g/mol. The summed E-state index contributed by atoms with van der Waals surface area (Å²) in [6.45, 7) is 0. The van der Waals surface area contributed by atoms with Gasteiger partial charge in [0.05, 0.1) is 17.4 Å². The molecule has 0 saturated heterocycles. The lowest BCUT2D eigenvalue weighted by Crippen LogP contribution is -2.17. The number of aromatic nitrogens is 5. The van der Waals surface area contributed by atoms with E-state index < -0.39 is 0 Å². The smallest absolute Gasteiger partial charge is 0.300 e. The molecule has 0 amide bonds. The van der Waals surface area contributed by atoms with Gasteiger partial charge >= 0.3 is 5.56 Å². The number of aryl methyl sites for hydroxylation is 1. The van der Waals surface area contributed by atoms with E-state index in [2.05, 4.69) is 15.0 Å². The number of hydrogen-bond acceptors (Lipinski definition) is 4. The summed E-state index contributed by atoms with van der Waals surface area (Å²) in [7, 11) is 1.78. The standard InChI is InChI=1S/C11H7N5O/c1-15-5-12-9-8(15)10(17)14-11-13-6-3-2-4-7(6)16(9)11/h2-5H,1H3. The molecule has 3 aromatic rings. The van der Waals surface area contributed by atoms with E-state index in [0.717, 1.165) is 11.0 Å². The molecule has 3 heterocycles. The van der Waals surface area contributed by atoms with E-state index in [9.17, 15) is 4.79 Å². The zero-order valence-corrected chi connectivity index (χ0v) is 8.95. The monoisotopic (exact) mass is 225 g/mol. The molecular formula is C11H7N5O. The summed E-state index contributed by atoms with van der Waals surface area (Å²) in [6, 6.07) is 0. The Bertz CT molecular complexity index is 915. The van der Waals surface area contributed by atoms with E-state index in [1.165, 1.54) is 0 Å². The van der Waals surface area contributed by atoms with E-state index in [0.29, 0.717) is 16.9 Å². The van der Waals surface area contributed by atoms with Crippen LogP contribution in [0.4, 0.5) is 0 Å². The zero-order chi connectivity index (χ0) is 11.6. The Kier molecular flexibility index (Phi) is 1.32. The Morgan fingerprint density at radius 2 is 2.18 bits per heavy atom. The Morgan fingerprint density at radius 3 is 3.06 bits per heavy atom. The van der Waals surface area contributed by atoms with Crippen LogP contribution in [0.1, 0.15) is 5.69 Å². The summed E-state index contributed by atoms with van der Waals surface area (Å²) >= 11 is 0. The molecule has 0 aliphatic heterocycles. The first kappa shape index (κ1) is 8.63. The number of hydrogen-bond donors (Lipinski definition) is 0. The molecule has 0 unspecified atom stereocenters. The van der Waals surface area contributed by atoms with Gasteiger partial charge in [0, 0.05) is 7.05 Å². The normalized spacial score (nSPS) is 13.5. The third-order valence-electron chi connectivity index (χ3n) is 2.97. The highest BCUT2D eigenvalue weighted by atomic mass is 16.1. The minimum absolute atomic E-state index is 0.292. The van der Waals surface area contributed by atoms with Crippen LogP contribution in [0.2, 0.25) is 0 Å². The number of allylic oxidation sites excluding steroid dienone is 1. The summed E-state index contributed by atoms with van der Waals surface area (Å²) in [5.74, 6) is 0.409. The lowest BCUT2D eigenvalue weighted by molar-refractivity contribution is 0.938. The molecule has 6 heteroatoms. The highest BCUT2D eigenvalue weighted by molar-refractivity contribution is 5.75. The number of rotatable bonds is 0. The van der Waals surface area contributed by atoms with Crippen LogP contribution in [0, 0.1) is 0 Å². The van der Waals surface area contributed by atoms with Crippen molar-refractivity contribution < 1.29 is 0 Å². The van der Waals surface area contributed by atoms with Crippen molar-refractivity contribution in [3.8, 4) is 0 Å². The fraction of sp³-hybridized carbons (Fsp3) is 0.0909. The molecule has 1 aliphatic carbocycles. The van der Waals surface area contributed by atoms with Gasteiger partial charge in [-0.3, -0.25) is 9.20 Å². The Morgan fingerprint density at radius 1 is 1.29 bits per heavy atom. The zero-order valence-electron chi connectivity index (χ0n) is 8.95. The summed E-state index contributed by atoms with van der Waals surface area (Å²) < 4.78 is 3.49. The first-order valence-corrected chi connectivity index (χ1v) is 5.17. The maximum absolute atomic E-state index is 11.8. The van der Waals surface area contributed by atoms with Gasteiger partial charge in [-0.15, -0.1) is 0 Å². The van der Waals surface area contributed by atoms with Gasteiger partial charge in [0.1, 0.15) is 0 Å². The topological polar surface area (TPSA) is 65.1 Å². The molecule has 6 nitrogen and oxygen atoms in total. The maximum Gasteiger partial charge on any atom is 0.300 e. The fourth-order valence-corrected chi connectivity index (χ4v) is 2.21. The van der Waals surface area contributed by atoms with Crippen molar-refractivity contribution in [1.82, 2.24) is 23.9 Å². The highest BCUT2D eigenvalue weighted by Gasteiger charge is 2.15. The van der Waals surface area contributed by atoms with Crippen molar-refractivity contribution >= 4 is 29.1 Å². The molecule has 0 aromatic carbocycles. The van der Waals surface area contributed by atoms with E-state index in [-0.39, 0.29) is 5.56 Å². The first-order chi connectivity index (χ1) is 8.25. The van der Waals surface area contributed by atoms with Gasteiger partial charge in [-0.1, -0.05) is 6.08 Å². The van der Waals surface area contributed by atoms with Crippen molar-refractivity contribution in [2.24, 2.45) is 7.05 Å². The molecule has 0 saturated carbocycles. The van der Waals surface area contributed by atoms with Crippen LogP contribution in [0.5, 0.6) is 0 Å². The van der Waals surface area contributed by atoms with Gasteiger partial charge in [-0.05, 0) is 12.2 Å². The summed E-state index contributed by atoms with van der Waals surface area (Å²) in [4.78, 5) is 24.4. The van der Waals surface area contributed by atoms with E-state index in [4.69, 9.17) is 0 Å². The largest absolute Gasteiger partial charge is 0.328 e. The molecule has 3 aromatic heterocycles. The molecule has 4 rings (SSSR count). The molecule has 0 radical (unpaired) electrons. The van der Waals surface area contributed by atoms with E-state index in [1.807, 2.05) is 22.6 Å². The molecule has 0 bridgehead atoms. The van der Waals surface area contributed by atoms with Gasteiger partial charge in [0.2, 0.25) is 5.78 Å². The second-order valence-electron chi connectivity index (χ2n) is 3.99. The molecule has 1 aliphatic rings. The number of nitrogens with zero attached hydrogens (tertiary/aromatic N) is 5. The predicted molar refractivity (Wildman–Crippen MR) is 62.2 cm³/mol. The van der Waals surface area contributed by atoms with Gasteiger partial charge in [-0.2, -0.15) is 4.98 Å². The van der Waals surface area contributed by atoms with Gasteiger partial charge in [0.25, 0.3) is 0 Å². The molecule has 17 heavy (non-hydrogen) atoms. The molecule has 0 fully saturated rings. The Hall–Kier alpha value is -2.50. The van der Waals surface area contributed by atoms with Crippen LogP contribution in [-0.4, -0.2) is 23.9 Å². The van der Waals surface area contributed by atoms with Gasteiger partial charge in [-0.25, -0.2) is 9.97 Å². The molecule has 0 spiro atoms. The molecule has 82 valence electrons. The summed E-state index contributed by atoms with van der Waals surface area (Å²) in [5.41, 5.74) is 1.64. The quantitative estimate of drug-likeness (QED) is 0.517. The van der Waals surface area contributed by atoms with E-state index in [1.54, 1.807) is 17.9 Å². The van der Waals surface area contributed by atoms with Crippen LogP contribution < -0.4 is 10.9 Å². The average Bonchev–Trinajstić information content (AvgIpc) is 2.91. The van der Waals surface area contributed by atoms with Crippen LogP contribution in [-0.2, 0) is 7.05 Å².